The molecule has 6 nitrogen and oxygen atoms in total. The number of amides is 3. The van der Waals surface area contributed by atoms with Gasteiger partial charge in [-0.2, -0.15) is 0 Å². The minimum atomic E-state index is -0.936. The topological polar surface area (TPSA) is 84.7 Å². The molecule has 1 aliphatic heterocycles. The Labute approximate surface area is 110 Å². The van der Waals surface area contributed by atoms with E-state index in [9.17, 15) is 9.59 Å². The first-order valence-corrected chi connectivity index (χ1v) is 5.78. The molecule has 0 saturated heterocycles. The zero-order valence-electron chi connectivity index (χ0n) is 10.5. The minimum absolute atomic E-state index is 0.219. The van der Waals surface area contributed by atoms with Crippen LogP contribution in [-0.2, 0) is 4.79 Å². The molecular weight excluding hydrogens is 246 g/mol. The Bertz CT molecular complexity index is 511. The van der Waals surface area contributed by atoms with Crippen molar-refractivity contribution < 1.29 is 14.3 Å². The van der Waals surface area contributed by atoms with Gasteiger partial charge in [0, 0.05) is 6.20 Å². The van der Waals surface area contributed by atoms with Gasteiger partial charge >= 0.3 is 6.03 Å². The second-order valence-electron chi connectivity index (χ2n) is 4.39. The van der Waals surface area contributed by atoms with Crippen molar-refractivity contribution in [3.05, 3.63) is 42.6 Å². The van der Waals surface area contributed by atoms with E-state index in [0.717, 1.165) is 4.90 Å². The lowest BCUT2D eigenvalue weighted by Crippen LogP contribution is -2.59. The average Bonchev–Trinajstić information content (AvgIpc) is 2.36. The minimum Gasteiger partial charge on any atom is -0.484 e. The molecule has 1 unspecified atom stereocenters. The Balaban J connectivity index is 1.96. The Hall–Kier alpha value is -2.34. The van der Waals surface area contributed by atoms with Crippen molar-refractivity contribution in [3.63, 3.8) is 0 Å². The first-order chi connectivity index (χ1) is 8.98. The normalized spacial score (nSPS) is 22.0. The number of imide groups is 1. The first kappa shape index (κ1) is 13.1. The second kappa shape index (κ2) is 5.11. The zero-order chi connectivity index (χ0) is 13.9. The zero-order valence-corrected chi connectivity index (χ0v) is 10.5. The molecule has 0 saturated carbocycles. The van der Waals surface area contributed by atoms with Crippen LogP contribution in [0.2, 0.25) is 0 Å². The van der Waals surface area contributed by atoms with Crippen LogP contribution in [0, 0.1) is 0 Å². The molecule has 19 heavy (non-hydrogen) atoms. The first-order valence-electron chi connectivity index (χ1n) is 5.78. The van der Waals surface area contributed by atoms with Crippen LogP contribution < -0.4 is 15.8 Å². The number of nitrogens with zero attached hydrogens (tertiary/aromatic N) is 1. The lowest BCUT2D eigenvalue weighted by Gasteiger charge is -2.30. The maximum Gasteiger partial charge on any atom is 0.330 e. The summed E-state index contributed by atoms with van der Waals surface area (Å²) in [7, 11) is 0. The maximum absolute atomic E-state index is 11.8. The van der Waals surface area contributed by atoms with E-state index in [-0.39, 0.29) is 6.61 Å². The number of carbonyl (C=O) groups excluding carboxylic acids is 2. The van der Waals surface area contributed by atoms with E-state index in [4.69, 9.17) is 10.5 Å². The summed E-state index contributed by atoms with van der Waals surface area (Å²) < 4.78 is 5.28. The summed E-state index contributed by atoms with van der Waals surface area (Å²) in [5.74, 6) is 0.106. The SMILES string of the molecule is CC1(N)C=CN(C(=O)COc2ccccc2)C(=O)N1. The summed E-state index contributed by atoms with van der Waals surface area (Å²) in [6.07, 6.45) is 2.89. The number of hydrogen-bond donors (Lipinski definition) is 2. The van der Waals surface area contributed by atoms with Crippen LogP contribution in [0.5, 0.6) is 5.75 Å². The predicted octanol–water partition coefficient (Wildman–Crippen LogP) is 0.806. The van der Waals surface area contributed by atoms with Crippen molar-refractivity contribution in [2.75, 3.05) is 6.61 Å². The fourth-order valence-corrected chi connectivity index (χ4v) is 1.56. The highest BCUT2D eigenvalue weighted by Gasteiger charge is 2.29. The van der Waals surface area contributed by atoms with E-state index in [1.165, 1.54) is 12.3 Å². The number of para-hydroxylation sites is 1. The van der Waals surface area contributed by atoms with Gasteiger partial charge in [-0.15, -0.1) is 0 Å². The summed E-state index contributed by atoms with van der Waals surface area (Å²) in [6.45, 7) is 1.41. The Kier molecular flexibility index (Phi) is 3.52. The van der Waals surface area contributed by atoms with Crippen LogP contribution >= 0.6 is 0 Å². The third-order valence-electron chi connectivity index (χ3n) is 2.54. The number of rotatable bonds is 3. The number of urea groups is 1. The van der Waals surface area contributed by atoms with Crippen LogP contribution in [0.15, 0.2) is 42.6 Å². The summed E-state index contributed by atoms with van der Waals surface area (Å²) in [4.78, 5) is 24.5. The molecule has 0 fully saturated rings. The maximum atomic E-state index is 11.8. The Morgan fingerprint density at radius 2 is 2.11 bits per heavy atom. The monoisotopic (exact) mass is 261 g/mol. The number of hydrogen-bond acceptors (Lipinski definition) is 4. The van der Waals surface area contributed by atoms with Gasteiger partial charge in [-0.25, -0.2) is 9.69 Å². The molecule has 0 radical (unpaired) electrons. The quantitative estimate of drug-likeness (QED) is 0.843. The lowest BCUT2D eigenvalue weighted by atomic mass is 10.2. The molecule has 0 aromatic heterocycles. The molecule has 2 rings (SSSR count). The molecule has 0 spiro atoms. The van der Waals surface area contributed by atoms with Crippen LogP contribution in [0.1, 0.15) is 6.92 Å². The van der Waals surface area contributed by atoms with Gasteiger partial charge in [-0.1, -0.05) is 18.2 Å². The molecule has 100 valence electrons. The molecule has 3 N–H and O–H groups in total. The van der Waals surface area contributed by atoms with Crippen molar-refractivity contribution in [3.8, 4) is 5.75 Å². The molecule has 3 amide bonds. The van der Waals surface area contributed by atoms with Crippen LogP contribution in [0.3, 0.4) is 0 Å². The molecule has 1 atom stereocenters. The highest BCUT2D eigenvalue weighted by Crippen LogP contribution is 2.11. The predicted molar refractivity (Wildman–Crippen MR) is 69.0 cm³/mol. The summed E-state index contributed by atoms with van der Waals surface area (Å²) in [6, 6.07) is 8.35. The van der Waals surface area contributed by atoms with Gasteiger partial charge in [0.2, 0.25) is 0 Å². The lowest BCUT2D eigenvalue weighted by molar-refractivity contribution is -0.128. The number of carbonyl (C=O) groups is 2. The fourth-order valence-electron chi connectivity index (χ4n) is 1.56. The second-order valence-corrected chi connectivity index (χ2v) is 4.39. The smallest absolute Gasteiger partial charge is 0.330 e. The van der Waals surface area contributed by atoms with Crippen molar-refractivity contribution in [1.82, 2.24) is 10.2 Å². The van der Waals surface area contributed by atoms with Gasteiger partial charge in [0.05, 0.1) is 0 Å². The fraction of sp³-hybridized carbons (Fsp3) is 0.231. The van der Waals surface area contributed by atoms with Crippen LogP contribution in [-0.4, -0.2) is 29.1 Å². The average molecular weight is 261 g/mol. The summed E-state index contributed by atoms with van der Waals surface area (Å²) >= 11 is 0. The van der Waals surface area contributed by atoms with Crippen molar-refractivity contribution in [2.24, 2.45) is 5.73 Å². The van der Waals surface area contributed by atoms with E-state index in [2.05, 4.69) is 5.32 Å². The van der Waals surface area contributed by atoms with E-state index < -0.39 is 17.6 Å². The molecule has 0 bridgehead atoms. The molecule has 6 heteroatoms. The number of benzene rings is 1. The largest absolute Gasteiger partial charge is 0.484 e. The molecule has 1 heterocycles. The van der Waals surface area contributed by atoms with Crippen molar-refractivity contribution >= 4 is 11.9 Å². The Morgan fingerprint density at radius 3 is 2.74 bits per heavy atom. The molecule has 0 aliphatic carbocycles. The van der Waals surface area contributed by atoms with Crippen LogP contribution in [0.4, 0.5) is 4.79 Å². The van der Waals surface area contributed by atoms with Crippen molar-refractivity contribution in [2.45, 2.75) is 12.6 Å². The van der Waals surface area contributed by atoms with E-state index in [0.29, 0.717) is 5.75 Å². The molecule has 1 aromatic carbocycles. The molecule has 1 aromatic rings. The number of nitrogens with two attached hydrogens (primary N) is 1. The summed E-state index contributed by atoms with van der Waals surface area (Å²) in [5.41, 5.74) is 4.77. The number of nitrogens with one attached hydrogen (secondary N) is 1. The van der Waals surface area contributed by atoms with Gasteiger partial charge < -0.3 is 15.8 Å². The third-order valence-corrected chi connectivity index (χ3v) is 2.54. The Morgan fingerprint density at radius 1 is 1.42 bits per heavy atom. The van der Waals surface area contributed by atoms with Gasteiger partial charge in [0.15, 0.2) is 6.61 Å². The standard InChI is InChI=1S/C13H15N3O3/c1-13(14)7-8-16(12(18)15-13)11(17)9-19-10-5-3-2-4-6-10/h2-8H,9,14H2,1H3,(H,15,18). The van der Waals surface area contributed by atoms with E-state index in [1.807, 2.05) is 6.07 Å². The van der Waals surface area contributed by atoms with E-state index >= 15 is 0 Å². The van der Waals surface area contributed by atoms with Gasteiger partial charge in [0.1, 0.15) is 11.4 Å². The van der Waals surface area contributed by atoms with Crippen LogP contribution in [0.25, 0.3) is 0 Å². The number of ether oxygens (including phenoxy) is 1. The van der Waals surface area contributed by atoms with Gasteiger partial charge in [-0.3, -0.25) is 4.79 Å². The highest BCUT2D eigenvalue weighted by atomic mass is 16.5. The summed E-state index contributed by atoms with van der Waals surface area (Å²) in [5, 5.41) is 2.49. The highest BCUT2D eigenvalue weighted by molar-refractivity contribution is 5.97. The van der Waals surface area contributed by atoms with Crippen molar-refractivity contribution in [1.29, 1.82) is 0 Å². The molecular formula is C13H15N3O3. The van der Waals surface area contributed by atoms with Gasteiger partial charge in [0.25, 0.3) is 5.91 Å². The molecule has 1 aliphatic rings. The van der Waals surface area contributed by atoms with E-state index in [1.54, 1.807) is 31.2 Å². The van der Waals surface area contributed by atoms with Gasteiger partial charge in [-0.05, 0) is 25.1 Å². The third kappa shape index (κ3) is 3.32.